The van der Waals surface area contributed by atoms with Crippen molar-refractivity contribution in [1.82, 2.24) is 4.90 Å². The zero-order valence-electron chi connectivity index (χ0n) is 14.8. The summed E-state index contributed by atoms with van der Waals surface area (Å²) in [5.74, 6) is -0.986. The third-order valence-electron chi connectivity index (χ3n) is 4.52. The van der Waals surface area contributed by atoms with Gasteiger partial charge in [0.1, 0.15) is 12.2 Å². The summed E-state index contributed by atoms with van der Waals surface area (Å²) in [6.07, 6.45) is 3.11. The first-order chi connectivity index (χ1) is 12.5. The van der Waals surface area contributed by atoms with E-state index in [1.807, 2.05) is 18.2 Å². The number of aryl methyl sites for hydroxylation is 2. The van der Waals surface area contributed by atoms with Gasteiger partial charge in [-0.3, -0.25) is 9.59 Å². The molecule has 0 spiro atoms. The van der Waals surface area contributed by atoms with Gasteiger partial charge in [0.05, 0.1) is 17.9 Å². The molecule has 6 heteroatoms. The Bertz CT molecular complexity index is 762. The van der Waals surface area contributed by atoms with Gasteiger partial charge in [0.25, 0.3) is 5.91 Å². The Morgan fingerprint density at radius 3 is 2.69 bits per heavy atom. The number of carboxylic acids is 1. The molecular weight excluding hydrogens is 334 g/mol. The highest BCUT2D eigenvalue weighted by molar-refractivity contribution is 5.98. The average Bonchev–Trinajstić information content (AvgIpc) is 2.93. The van der Waals surface area contributed by atoms with Crippen molar-refractivity contribution < 1.29 is 23.8 Å². The lowest BCUT2D eigenvalue weighted by Gasteiger charge is -2.39. The van der Waals surface area contributed by atoms with Crippen molar-refractivity contribution in [1.29, 1.82) is 0 Å². The van der Waals surface area contributed by atoms with Gasteiger partial charge in [0.2, 0.25) is 0 Å². The molecule has 1 aliphatic heterocycles. The van der Waals surface area contributed by atoms with Crippen molar-refractivity contribution in [3.63, 3.8) is 0 Å². The van der Waals surface area contributed by atoms with Crippen molar-refractivity contribution in [2.45, 2.75) is 32.3 Å². The van der Waals surface area contributed by atoms with Gasteiger partial charge < -0.3 is 19.2 Å². The topological polar surface area (TPSA) is 80.0 Å². The Balaban J connectivity index is 1.43. The number of hydrogen-bond donors (Lipinski definition) is 1. The van der Waals surface area contributed by atoms with E-state index in [-0.39, 0.29) is 24.2 Å². The summed E-state index contributed by atoms with van der Waals surface area (Å²) < 4.78 is 11.0. The Kier molecular flexibility index (Phi) is 5.73. The third kappa shape index (κ3) is 4.32. The molecule has 3 rings (SSSR count). The van der Waals surface area contributed by atoms with Crippen LogP contribution in [0.25, 0.3) is 0 Å². The minimum atomic E-state index is -1.02. The molecule has 2 heterocycles. The summed E-state index contributed by atoms with van der Waals surface area (Å²) in [4.78, 5) is 25.2. The maximum absolute atomic E-state index is 12.6. The number of carboxylic acid groups (broad SMARTS) is 1. The molecule has 1 aliphatic rings. The summed E-state index contributed by atoms with van der Waals surface area (Å²) in [6, 6.07) is 10.3. The van der Waals surface area contributed by atoms with Gasteiger partial charge in [0, 0.05) is 25.3 Å². The number of carbonyl (C=O) groups is 2. The Labute approximate surface area is 152 Å². The molecule has 0 atom stereocenters. The molecule has 138 valence electrons. The van der Waals surface area contributed by atoms with Gasteiger partial charge in [-0.05, 0) is 25.3 Å². The van der Waals surface area contributed by atoms with Gasteiger partial charge >= 0.3 is 5.97 Å². The molecule has 0 unspecified atom stereocenters. The molecule has 26 heavy (non-hydrogen) atoms. The zero-order valence-corrected chi connectivity index (χ0v) is 14.8. The maximum atomic E-state index is 12.6. The fourth-order valence-corrected chi connectivity index (χ4v) is 3.09. The van der Waals surface area contributed by atoms with E-state index in [1.54, 1.807) is 11.8 Å². The monoisotopic (exact) mass is 357 g/mol. The predicted molar refractivity (Wildman–Crippen MR) is 95.2 cm³/mol. The lowest BCUT2D eigenvalue weighted by atomic mass is 10.0. The average molecular weight is 357 g/mol. The van der Waals surface area contributed by atoms with Gasteiger partial charge in [-0.2, -0.15) is 0 Å². The largest absolute Gasteiger partial charge is 0.481 e. The fraction of sp³-hybridized carbons (Fsp3) is 0.400. The van der Waals surface area contributed by atoms with Gasteiger partial charge in [-0.25, -0.2) is 0 Å². The number of aliphatic carboxylic acids is 1. The van der Waals surface area contributed by atoms with E-state index in [0.717, 1.165) is 12.8 Å². The summed E-state index contributed by atoms with van der Waals surface area (Å²) in [6.45, 7) is 3.47. The molecule has 0 radical (unpaired) electrons. The number of likely N-dealkylation sites (tertiary alicyclic amines) is 1. The van der Waals surface area contributed by atoms with E-state index >= 15 is 0 Å². The van der Waals surface area contributed by atoms with Crippen molar-refractivity contribution >= 4 is 11.9 Å². The third-order valence-corrected chi connectivity index (χ3v) is 4.52. The number of nitrogens with zero attached hydrogens (tertiary/aromatic N) is 1. The quantitative estimate of drug-likeness (QED) is 0.735. The molecule has 1 aromatic carbocycles. The van der Waals surface area contributed by atoms with E-state index in [4.69, 9.17) is 14.3 Å². The molecule has 2 aromatic rings. The van der Waals surface area contributed by atoms with Gasteiger partial charge in [-0.1, -0.05) is 30.3 Å². The molecule has 6 nitrogen and oxygen atoms in total. The lowest BCUT2D eigenvalue weighted by Crippen LogP contribution is -2.55. The number of amides is 1. The standard InChI is InChI=1S/C20H23NO5/c1-14-13-26-17(10-18(22)23)19(14)20(24)21-11-16(12-21)25-9-5-8-15-6-3-2-4-7-15/h2-4,6-7,13,16H,5,8-12H2,1H3,(H,22,23). The van der Waals surface area contributed by atoms with Crippen LogP contribution in [0.4, 0.5) is 0 Å². The summed E-state index contributed by atoms with van der Waals surface area (Å²) >= 11 is 0. The molecule has 0 bridgehead atoms. The Morgan fingerprint density at radius 1 is 1.27 bits per heavy atom. The first-order valence-electron chi connectivity index (χ1n) is 8.78. The normalized spacial score (nSPS) is 14.3. The van der Waals surface area contributed by atoms with E-state index in [0.29, 0.717) is 30.8 Å². The molecule has 1 saturated heterocycles. The minimum Gasteiger partial charge on any atom is -0.481 e. The summed E-state index contributed by atoms with van der Waals surface area (Å²) in [5.41, 5.74) is 2.33. The fourth-order valence-electron chi connectivity index (χ4n) is 3.09. The van der Waals surface area contributed by atoms with E-state index in [9.17, 15) is 9.59 Å². The van der Waals surface area contributed by atoms with Crippen LogP contribution in [-0.4, -0.2) is 47.7 Å². The first kappa shape index (κ1) is 18.2. The summed E-state index contributed by atoms with van der Waals surface area (Å²) in [5, 5.41) is 8.93. The van der Waals surface area contributed by atoms with Crippen LogP contribution in [0, 0.1) is 6.92 Å². The predicted octanol–water partition coefficient (Wildman–Crippen LogP) is 2.69. The van der Waals surface area contributed by atoms with E-state index in [1.165, 1.54) is 11.8 Å². The van der Waals surface area contributed by atoms with Crippen LogP contribution in [0.3, 0.4) is 0 Å². The Hall–Kier alpha value is -2.60. The first-order valence-corrected chi connectivity index (χ1v) is 8.78. The molecule has 1 fully saturated rings. The van der Waals surface area contributed by atoms with Crippen LogP contribution in [-0.2, 0) is 22.4 Å². The van der Waals surface area contributed by atoms with Crippen LogP contribution in [0.2, 0.25) is 0 Å². The maximum Gasteiger partial charge on any atom is 0.311 e. The highest BCUT2D eigenvalue weighted by Gasteiger charge is 2.34. The SMILES string of the molecule is Cc1coc(CC(=O)O)c1C(=O)N1CC(OCCCc2ccccc2)C1. The highest BCUT2D eigenvalue weighted by atomic mass is 16.5. The number of hydrogen-bond acceptors (Lipinski definition) is 4. The highest BCUT2D eigenvalue weighted by Crippen LogP contribution is 2.23. The second-order valence-corrected chi connectivity index (χ2v) is 6.58. The van der Waals surface area contributed by atoms with Crippen molar-refractivity contribution in [3.05, 3.63) is 59.0 Å². The smallest absolute Gasteiger partial charge is 0.311 e. The van der Waals surface area contributed by atoms with Crippen LogP contribution in [0.5, 0.6) is 0 Å². The second kappa shape index (κ2) is 8.19. The number of carbonyl (C=O) groups excluding carboxylic acids is 1. The molecular formula is C20H23NO5. The molecule has 1 N–H and O–H groups in total. The molecule has 1 amide bonds. The van der Waals surface area contributed by atoms with Crippen LogP contribution in [0.15, 0.2) is 41.0 Å². The van der Waals surface area contributed by atoms with Crippen LogP contribution >= 0.6 is 0 Å². The Morgan fingerprint density at radius 2 is 2.00 bits per heavy atom. The van der Waals surface area contributed by atoms with Crippen LogP contribution in [0.1, 0.15) is 33.7 Å². The number of ether oxygens (including phenoxy) is 1. The van der Waals surface area contributed by atoms with E-state index in [2.05, 4.69) is 12.1 Å². The van der Waals surface area contributed by atoms with Crippen LogP contribution < -0.4 is 0 Å². The van der Waals surface area contributed by atoms with Gasteiger partial charge in [0.15, 0.2) is 0 Å². The number of rotatable bonds is 8. The minimum absolute atomic E-state index is 0.0462. The van der Waals surface area contributed by atoms with E-state index < -0.39 is 5.97 Å². The molecule has 0 aliphatic carbocycles. The molecule has 0 saturated carbocycles. The number of benzene rings is 1. The zero-order chi connectivity index (χ0) is 18.5. The lowest BCUT2D eigenvalue weighted by molar-refractivity contribution is -0.136. The van der Waals surface area contributed by atoms with Crippen molar-refractivity contribution in [2.24, 2.45) is 0 Å². The van der Waals surface area contributed by atoms with Gasteiger partial charge in [-0.15, -0.1) is 0 Å². The van der Waals surface area contributed by atoms with Crippen molar-refractivity contribution in [3.8, 4) is 0 Å². The second-order valence-electron chi connectivity index (χ2n) is 6.58. The number of furan rings is 1. The van der Waals surface area contributed by atoms with Crippen molar-refractivity contribution in [2.75, 3.05) is 19.7 Å². The summed E-state index contributed by atoms with van der Waals surface area (Å²) in [7, 11) is 0. The molecule has 1 aromatic heterocycles.